The highest BCUT2D eigenvalue weighted by Gasteiger charge is 2.27. The third kappa shape index (κ3) is 2.74. The normalized spacial score (nSPS) is 14.6. The van der Waals surface area contributed by atoms with Crippen LogP contribution in [0.4, 0.5) is 0 Å². The lowest BCUT2D eigenvalue weighted by molar-refractivity contribution is 0.0657. The molecule has 1 aliphatic rings. The fourth-order valence-corrected chi connectivity index (χ4v) is 2.72. The molecule has 1 fully saturated rings. The number of aliphatic hydroxyl groups is 1. The molecule has 4 heteroatoms. The van der Waals surface area contributed by atoms with E-state index >= 15 is 0 Å². The van der Waals surface area contributed by atoms with Gasteiger partial charge in [0.25, 0.3) is 5.91 Å². The van der Waals surface area contributed by atoms with Gasteiger partial charge in [-0.3, -0.25) is 4.79 Å². The van der Waals surface area contributed by atoms with Crippen molar-refractivity contribution in [1.82, 2.24) is 4.90 Å². The Hall–Kier alpha value is -1.31. The average molecular weight is 263 g/mol. The third-order valence-corrected chi connectivity index (χ3v) is 4.16. The highest BCUT2D eigenvalue weighted by molar-refractivity contribution is 7.12. The molecule has 1 aliphatic carbocycles. The van der Waals surface area contributed by atoms with Crippen molar-refractivity contribution in [1.29, 1.82) is 0 Å². The first kappa shape index (κ1) is 13.1. The fraction of sp³-hybridized carbons (Fsp3) is 0.500. The first-order valence-corrected chi connectivity index (χ1v) is 7.06. The number of hydrogen-bond donors (Lipinski definition) is 1. The van der Waals surface area contributed by atoms with Crippen molar-refractivity contribution < 1.29 is 9.90 Å². The number of amides is 1. The molecule has 0 saturated heterocycles. The molecule has 0 aromatic carbocycles. The summed E-state index contributed by atoms with van der Waals surface area (Å²) < 4.78 is 0. The van der Waals surface area contributed by atoms with Crippen molar-refractivity contribution in [3.63, 3.8) is 0 Å². The molecule has 3 nitrogen and oxygen atoms in total. The highest BCUT2D eigenvalue weighted by atomic mass is 32.1. The van der Waals surface area contributed by atoms with Gasteiger partial charge in [0.1, 0.15) is 4.88 Å². The number of carbonyl (C=O) groups excluding carboxylic acids is 1. The summed E-state index contributed by atoms with van der Waals surface area (Å²) >= 11 is 1.44. The van der Waals surface area contributed by atoms with Crippen LogP contribution in [-0.2, 0) is 0 Å². The molecule has 18 heavy (non-hydrogen) atoms. The van der Waals surface area contributed by atoms with Crippen molar-refractivity contribution >= 4 is 17.2 Å². The lowest BCUT2D eigenvalue weighted by atomic mass is 9.92. The van der Waals surface area contributed by atoms with Gasteiger partial charge >= 0.3 is 0 Å². The maximum atomic E-state index is 12.3. The van der Waals surface area contributed by atoms with Gasteiger partial charge in [-0.15, -0.1) is 11.3 Å². The Morgan fingerprint density at radius 3 is 3.00 bits per heavy atom. The van der Waals surface area contributed by atoms with Crippen LogP contribution in [-0.4, -0.2) is 35.6 Å². The second-order valence-electron chi connectivity index (χ2n) is 4.44. The molecule has 1 amide bonds. The molecular formula is C14H17NO2S. The van der Waals surface area contributed by atoms with E-state index < -0.39 is 0 Å². The maximum Gasteiger partial charge on any atom is 0.265 e. The SMILES string of the molecule is CN(C(=O)c1sccc1C#CCCO)C1CCC1. The van der Waals surface area contributed by atoms with Gasteiger partial charge in [0, 0.05) is 25.1 Å². The van der Waals surface area contributed by atoms with E-state index in [0.717, 1.165) is 23.3 Å². The molecule has 0 spiro atoms. The Bertz CT molecular complexity index is 479. The topological polar surface area (TPSA) is 40.5 Å². The van der Waals surface area contributed by atoms with E-state index in [1.54, 1.807) is 0 Å². The minimum Gasteiger partial charge on any atom is -0.395 e. The van der Waals surface area contributed by atoms with Gasteiger partial charge < -0.3 is 10.0 Å². The lowest BCUT2D eigenvalue weighted by Crippen LogP contribution is -2.41. The Morgan fingerprint density at radius 2 is 2.39 bits per heavy atom. The molecule has 1 saturated carbocycles. The van der Waals surface area contributed by atoms with Crippen LogP contribution in [0.1, 0.15) is 40.9 Å². The first-order valence-electron chi connectivity index (χ1n) is 6.18. The average Bonchev–Trinajstić information content (AvgIpc) is 2.74. The third-order valence-electron chi connectivity index (χ3n) is 3.26. The second kappa shape index (κ2) is 6.03. The maximum absolute atomic E-state index is 12.3. The van der Waals surface area contributed by atoms with Gasteiger partial charge in [0.2, 0.25) is 0 Å². The van der Waals surface area contributed by atoms with Crippen molar-refractivity contribution in [2.75, 3.05) is 13.7 Å². The molecule has 2 rings (SSSR count). The van der Waals surface area contributed by atoms with Crippen LogP contribution in [0.2, 0.25) is 0 Å². The van der Waals surface area contributed by atoms with Crippen LogP contribution < -0.4 is 0 Å². The zero-order valence-corrected chi connectivity index (χ0v) is 11.3. The predicted molar refractivity (Wildman–Crippen MR) is 72.6 cm³/mol. The number of carbonyl (C=O) groups is 1. The van der Waals surface area contributed by atoms with Crippen LogP contribution in [0.15, 0.2) is 11.4 Å². The number of aliphatic hydroxyl groups excluding tert-OH is 1. The quantitative estimate of drug-likeness (QED) is 0.848. The number of thiophene rings is 1. The number of hydrogen-bond acceptors (Lipinski definition) is 3. The molecule has 1 aromatic rings. The Morgan fingerprint density at radius 1 is 1.61 bits per heavy atom. The zero-order valence-electron chi connectivity index (χ0n) is 10.5. The number of rotatable bonds is 3. The Labute approximate surface area is 111 Å². The summed E-state index contributed by atoms with van der Waals surface area (Å²) in [6.07, 6.45) is 3.89. The molecule has 1 heterocycles. The molecule has 0 radical (unpaired) electrons. The lowest BCUT2D eigenvalue weighted by Gasteiger charge is -2.34. The molecule has 96 valence electrons. The molecule has 0 aliphatic heterocycles. The van der Waals surface area contributed by atoms with Gasteiger partial charge in [-0.2, -0.15) is 0 Å². The van der Waals surface area contributed by atoms with Gasteiger partial charge in [-0.05, 0) is 30.7 Å². The van der Waals surface area contributed by atoms with Gasteiger partial charge in [0.05, 0.1) is 6.61 Å². The monoisotopic (exact) mass is 263 g/mol. The summed E-state index contributed by atoms with van der Waals surface area (Å²) in [5.41, 5.74) is 0.782. The zero-order chi connectivity index (χ0) is 13.0. The standard InChI is InChI=1S/C14H17NO2S/c1-15(12-6-4-7-12)14(17)13-11(8-10-18-13)5-2-3-9-16/h8,10,12,16H,3-4,6-7,9H2,1H3. The second-order valence-corrected chi connectivity index (χ2v) is 5.36. The molecule has 0 atom stereocenters. The summed E-state index contributed by atoms with van der Waals surface area (Å²) in [5.74, 6) is 5.89. The van der Waals surface area contributed by atoms with E-state index in [2.05, 4.69) is 11.8 Å². The van der Waals surface area contributed by atoms with E-state index in [1.807, 2.05) is 23.4 Å². The van der Waals surface area contributed by atoms with Crippen molar-refractivity contribution in [3.05, 3.63) is 21.9 Å². The Balaban J connectivity index is 2.10. The fourth-order valence-electron chi connectivity index (χ4n) is 1.89. The summed E-state index contributed by atoms with van der Waals surface area (Å²) in [6.45, 7) is 0.0579. The van der Waals surface area contributed by atoms with Crippen LogP contribution in [0.5, 0.6) is 0 Å². The molecular weight excluding hydrogens is 246 g/mol. The first-order chi connectivity index (χ1) is 8.74. The Kier molecular flexibility index (Phi) is 4.40. The predicted octanol–water partition coefficient (Wildman–Crippen LogP) is 2.11. The van der Waals surface area contributed by atoms with E-state index in [-0.39, 0.29) is 12.5 Å². The van der Waals surface area contributed by atoms with E-state index in [4.69, 9.17) is 5.11 Å². The van der Waals surface area contributed by atoms with Crippen LogP contribution in [0, 0.1) is 11.8 Å². The highest BCUT2D eigenvalue weighted by Crippen LogP contribution is 2.26. The van der Waals surface area contributed by atoms with Crippen LogP contribution in [0.25, 0.3) is 0 Å². The summed E-state index contributed by atoms with van der Waals surface area (Å²) in [4.78, 5) is 14.9. The minimum atomic E-state index is 0.0579. The van der Waals surface area contributed by atoms with E-state index in [9.17, 15) is 4.79 Å². The van der Waals surface area contributed by atoms with Crippen molar-refractivity contribution in [2.24, 2.45) is 0 Å². The van der Waals surface area contributed by atoms with Crippen LogP contribution in [0.3, 0.4) is 0 Å². The van der Waals surface area contributed by atoms with Crippen LogP contribution >= 0.6 is 11.3 Å². The van der Waals surface area contributed by atoms with Crippen molar-refractivity contribution in [3.8, 4) is 11.8 Å². The van der Waals surface area contributed by atoms with Gasteiger partial charge in [-0.1, -0.05) is 11.8 Å². The largest absolute Gasteiger partial charge is 0.395 e. The summed E-state index contributed by atoms with van der Waals surface area (Å²) in [7, 11) is 1.87. The smallest absolute Gasteiger partial charge is 0.265 e. The molecule has 1 aromatic heterocycles. The summed E-state index contributed by atoms with van der Waals surface area (Å²) in [6, 6.07) is 2.27. The number of nitrogens with zero attached hydrogens (tertiary/aromatic N) is 1. The summed E-state index contributed by atoms with van der Waals surface area (Å²) in [5, 5.41) is 10.6. The van der Waals surface area contributed by atoms with Gasteiger partial charge in [0.15, 0.2) is 0 Å². The van der Waals surface area contributed by atoms with Crippen molar-refractivity contribution in [2.45, 2.75) is 31.7 Å². The van der Waals surface area contributed by atoms with E-state index in [0.29, 0.717) is 12.5 Å². The molecule has 0 bridgehead atoms. The molecule has 0 unspecified atom stereocenters. The van der Waals surface area contributed by atoms with Gasteiger partial charge in [-0.25, -0.2) is 0 Å². The van der Waals surface area contributed by atoms with E-state index in [1.165, 1.54) is 17.8 Å². The molecule has 1 N–H and O–H groups in total. The minimum absolute atomic E-state index is 0.0579.